The van der Waals surface area contributed by atoms with Gasteiger partial charge in [0.1, 0.15) is 5.82 Å². The third-order valence-corrected chi connectivity index (χ3v) is 10.7. The molecule has 4 aliphatic heterocycles. The number of hydrogen-bond acceptors (Lipinski definition) is 5. The lowest BCUT2D eigenvalue weighted by Crippen LogP contribution is -2.54. The molecule has 0 saturated carbocycles. The number of ether oxygens (including phenoxy) is 1. The van der Waals surface area contributed by atoms with Crippen molar-refractivity contribution >= 4 is 17.0 Å². The number of fused-ring (bicyclic) bond motifs is 3. The van der Waals surface area contributed by atoms with Gasteiger partial charge in [0.05, 0.1) is 24.2 Å². The summed E-state index contributed by atoms with van der Waals surface area (Å²) in [5, 5.41) is 9.48. The van der Waals surface area contributed by atoms with Crippen molar-refractivity contribution in [2.45, 2.75) is 75.4 Å². The average Bonchev–Trinajstić information content (AvgIpc) is 3.50. The molecule has 0 amide bonds. The van der Waals surface area contributed by atoms with Crippen LogP contribution in [0.2, 0.25) is 0 Å². The maximum atomic E-state index is 9.48. The van der Waals surface area contributed by atoms with Crippen LogP contribution in [0.1, 0.15) is 62.4 Å². The topological polar surface area (TPSA) is 72.9 Å². The molecule has 42 heavy (non-hydrogen) atoms. The number of nitrogens with zero attached hydrogens (tertiary/aromatic N) is 7. The molecule has 4 aliphatic rings. The third kappa shape index (κ3) is 5.07. The highest BCUT2D eigenvalue weighted by molar-refractivity contribution is 5.81. The van der Waals surface area contributed by atoms with Crippen LogP contribution in [0.25, 0.3) is 11.0 Å². The van der Waals surface area contributed by atoms with Crippen LogP contribution >= 0.6 is 0 Å². The fourth-order valence-electron chi connectivity index (χ4n) is 8.55. The Morgan fingerprint density at radius 1 is 0.929 bits per heavy atom. The van der Waals surface area contributed by atoms with E-state index < -0.39 is 0 Å². The van der Waals surface area contributed by atoms with Crippen LogP contribution in [0.3, 0.4) is 0 Å². The summed E-state index contributed by atoms with van der Waals surface area (Å²) >= 11 is 0. The number of rotatable bonds is 5. The summed E-state index contributed by atoms with van der Waals surface area (Å²) in [7, 11) is 0. The van der Waals surface area contributed by atoms with Crippen molar-refractivity contribution in [3.8, 4) is 6.19 Å². The molecule has 8 heteroatoms. The Labute approximate surface area is 249 Å². The lowest BCUT2D eigenvalue weighted by Gasteiger charge is -2.47. The number of imidazole rings is 1. The van der Waals surface area contributed by atoms with Crippen LogP contribution in [0.15, 0.2) is 59.6 Å². The molecule has 3 aromatic rings. The van der Waals surface area contributed by atoms with Gasteiger partial charge in [-0.25, -0.2) is 4.98 Å². The van der Waals surface area contributed by atoms with E-state index in [1.165, 1.54) is 43.2 Å². The normalized spacial score (nSPS) is 26.5. The first-order chi connectivity index (χ1) is 20.6. The van der Waals surface area contributed by atoms with Gasteiger partial charge in [0.2, 0.25) is 12.2 Å². The van der Waals surface area contributed by atoms with Crippen LogP contribution in [0, 0.1) is 18.4 Å². The second kappa shape index (κ2) is 11.7. The zero-order valence-corrected chi connectivity index (χ0v) is 24.9. The van der Waals surface area contributed by atoms with Gasteiger partial charge in [-0.15, -0.1) is 4.99 Å². The molecule has 8 nitrogen and oxygen atoms in total. The minimum Gasteiger partial charge on any atom is -0.378 e. The number of guanidine groups is 1. The summed E-state index contributed by atoms with van der Waals surface area (Å²) in [4.78, 5) is 16.6. The van der Waals surface area contributed by atoms with E-state index in [-0.39, 0.29) is 5.41 Å². The van der Waals surface area contributed by atoms with E-state index in [1.54, 1.807) is 0 Å². The van der Waals surface area contributed by atoms with Crippen molar-refractivity contribution in [1.29, 1.82) is 5.26 Å². The lowest BCUT2D eigenvalue weighted by atomic mass is 9.70. The van der Waals surface area contributed by atoms with Gasteiger partial charge in [-0.05, 0) is 81.5 Å². The highest BCUT2D eigenvalue weighted by atomic mass is 16.5. The Morgan fingerprint density at radius 2 is 1.60 bits per heavy atom. The number of benzene rings is 2. The molecule has 4 fully saturated rings. The highest BCUT2D eigenvalue weighted by Gasteiger charge is 2.44. The molecule has 0 N–H and O–H groups in total. The van der Waals surface area contributed by atoms with Gasteiger partial charge in [-0.3, -0.25) is 4.90 Å². The van der Waals surface area contributed by atoms with E-state index in [0.29, 0.717) is 31.3 Å². The molecule has 220 valence electrons. The van der Waals surface area contributed by atoms with E-state index in [1.807, 2.05) is 0 Å². The number of likely N-dealkylation sites (tertiary alicyclic amines) is 1. The Morgan fingerprint density at radius 3 is 2.31 bits per heavy atom. The molecular formula is C34H43N7O. The fraction of sp³-hybridized carbons (Fsp3) is 0.559. The van der Waals surface area contributed by atoms with Gasteiger partial charge in [0, 0.05) is 44.3 Å². The molecule has 2 atom stereocenters. The summed E-state index contributed by atoms with van der Waals surface area (Å²) < 4.78 is 8.10. The van der Waals surface area contributed by atoms with Crippen molar-refractivity contribution in [2.75, 3.05) is 45.9 Å². The van der Waals surface area contributed by atoms with Gasteiger partial charge < -0.3 is 19.1 Å². The summed E-state index contributed by atoms with van der Waals surface area (Å²) in [6, 6.07) is 21.7. The van der Waals surface area contributed by atoms with Crippen LogP contribution < -0.4 is 0 Å². The Balaban J connectivity index is 1.06. The molecule has 1 aromatic heterocycles. The minimum absolute atomic E-state index is 0.147. The number of hydrogen-bond donors (Lipinski definition) is 0. The molecule has 0 radical (unpaired) electrons. The molecule has 7 rings (SSSR count). The summed E-state index contributed by atoms with van der Waals surface area (Å²) in [5.74, 6) is 1.99. The van der Waals surface area contributed by atoms with Crippen LogP contribution in [-0.2, 0) is 10.2 Å². The SMILES string of the molecule is Cc1nc2ccccc2n1C1CC2CCC(C1)N2CCC1(c2ccccc2)CCN(C(=NC#N)N2CCOCC2)CC1. The maximum absolute atomic E-state index is 9.48. The molecular weight excluding hydrogens is 522 g/mol. The molecule has 2 unspecified atom stereocenters. The summed E-state index contributed by atoms with van der Waals surface area (Å²) in [5.41, 5.74) is 4.03. The first kappa shape index (κ1) is 27.4. The second-order valence-electron chi connectivity index (χ2n) is 12.8. The summed E-state index contributed by atoms with van der Waals surface area (Å²) in [6.07, 6.45) is 10.5. The van der Waals surface area contributed by atoms with Crippen LogP contribution in [-0.4, -0.2) is 88.2 Å². The number of piperidine rings is 2. The highest BCUT2D eigenvalue weighted by Crippen LogP contribution is 2.45. The van der Waals surface area contributed by atoms with Gasteiger partial charge >= 0.3 is 0 Å². The molecule has 2 bridgehead atoms. The quantitative estimate of drug-likeness (QED) is 0.243. The third-order valence-electron chi connectivity index (χ3n) is 10.7. The molecule has 2 aromatic carbocycles. The molecule has 5 heterocycles. The zero-order chi connectivity index (χ0) is 28.5. The van der Waals surface area contributed by atoms with Crippen molar-refractivity contribution in [3.05, 3.63) is 66.0 Å². The average molecular weight is 566 g/mol. The molecule has 4 saturated heterocycles. The van der Waals surface area contributed by atoms with Crippen LogP contribution in [0.4, 0.5) is 0 Å². The van der Waals surface area contributed by atoms with Crippen molar-refractivity contribution in [1.82, 2.24) is 24.3 Å². The van der Waals surface area contributed by atoms with Crippen molar-refractivity contribution < 1.29 is 4.74 Å². The van der Waals surface area contributed by atoms with Crippen molar-refractivity contribution in [3.63, 3.8) is 0 Å². The van der Waals surface area contributed by atoms with Gasteiger partial charge in [-0.2, -0.15) is 5.26 Å². The Kier molecular flexibility index (Phi) is 7.64. The standard InChI is InChI=1S/C34H43N7O/c1-26-37-31-9-5-6-10-32(31)41(26)30-23-28-11-12-29(24-30)40(28)18-15-34(27-7-3-2-4-8-27)13-16-38(17-14-34)33(36-25-35)39-19-21-42-22-20-39/h2-10,28-30H,11-24H2,1H3. The van der Waals surface area contributed by atoms with Crippen molar-refractivity contribution in [2.24, 2.45) is 4.99 Å². The zero-order valence-electron chi connectivity index (χ0n) is 24.9. The fourth-order valence-corrected chi connectivity index (χ4v) is 8.55. The molecule has 0 spiro atoms. The predicted octanol–water partition coefficient (Wildman–Crippen LogP) is 5.11. The smallest absolute Gasteiger partial charge is 0.212 e. The number of aliphatic imine (C=N–C) groups is 1. The Hall–Kier alpha value is -3.41. The largest absolute Gasteiger partial charge is 0.378 e. The maximum Gasteiger partial charge on any atom is 0.212 e. The second-order valence-corrected chi connectivity index (χ2v) is 12.8. The number of nitriles is 1. The predicted molar refractivity (Wildman–Crippen MR) is 165 cm³/mol. The number of aryl methyl sites for hydroxylation is 1. The van der Waals surface area contributed by atoms with E-state index in [9.17, 15) is 5.26 Å². The van der Waals surface area contributed by atoms with Gasteiger partial charge in [0.15, 0.2) is 0 Å². The minimum atomic E-state index is 0.147. The van der Waals surface area contributed by atoms with E-state index in [4.69, 9.17) is 9.72 Å². The number of morpholine rings is 1. The van der Waals surface area contributed by atoms with E-state index in [0.717, 1.165) is 62.9 Å². The monoisotopic (exact) mass is 565 g/mol. The molecule has 0 aliphatic carbocycles. The number of para-hydroxylation sites is 2. The van der Waals surface area contributed by atoms with Crippen LogP contribution in [0.5, 0.6) is 0 Å². The number of aromatic nitrogens is 2. The van der Waals surface area contributed by atoms with Gasteiger partial charge in [-0.1, -0.05) is 42.5 Å². The van der Waals surface area contributed by atoms with E-state index >= 15 is 0 Å². The summed E-state index contributed by atoms with van der Waals surface area (Å²) in [6.45, 7) is 8.17. The van der Waals surface area contributed by atoms with E-state index in [2.05, 4.69) is 92.0 Å². The first-order valence-corrected chi connectivity index (χ1v) is 15.9. The lowest BCUT2D eigenvalue weighted by molar-refractivity contribution is 0.0584. The Bertz CT molecular complexity index is 1430. The first-order valence-electron chi connectivity index (χ1n) is 15.9. The van der Waals surface area contributed by atoms with Gasteiger partial charge in [0.25, 0.3) is 0 Å².